The van der Waals surface area contributed by atoms with E-state index in [-0.39, 0.29) is 0 Å². The molecule has 0 amide bonds. The largest absolute Gasteiger partial charge is 0.338 e. The van der Waals surface area contributed by atoms with Crippen LogP contribution in [0.2, 0.25) is 0 Å². The summed E-state index contributed by atoms with van der Waals surface area (Å²) < 4.78 is 0. The van der Waals surface area contributed by atoms with E-state index in [1.165, 1.54) is 37.5 Å². The Morgan fingerprint density at radius 3 is 2.71 bits per heavy atom. The normalized spacial score (nSPS) is 18.1. The average Bonchev–Trinajstić information content (AvgIpc) is 2.80. The van der Waals surface area contributed by atoms with Crippen LogP contribution in [-0.4, -0.2) is 11.0 Å². The standard InChI is InChI=1S/C14H17N3/c1-2-7-12(8-3-1)16-17-14-10-11-6-4-5-9-13(11)15-14/h4-6,9-10,12,15H,1-3,7-8H2/b17-16+. The zero-order valence-corrected chi connectivity index (χ0v) is 9.89. The van der Waals surface area contributed by atoms with Crippen molar-refractivity contribution in [2.24, 2.45) is 10.2 Å². The van der Waals surface area contributed by atoms with E-state index in [9.17, 15) is 0 Å². The minimum absolute atomic E-state index is 0.440. The van der Waals surface area contributed by atoms with Crippen molar-refractivity contribution in [3.8, 4) is 0 Å². The molecule has 0 spiro atoms. The Hall–Kier alpha value is -1.64. The third-order valence-electron chi connectivity index (χ3n) is 3.42. The van der Waals surface area contributed by atoms with E-state index in [4.69, 9.17) is 0 Å². The first-order valence-electron chi connectivity index (χ1n) is 6.40. The summed E-state index contributed by atoms with van der Waals surface area (Å²) in [5.41, 5.74) is 1.13. The van der Waals surface area contributed by atoms with E-state index in [1.54, 1.807) is 0 Å². The van der Waals surface area contributed by atoms with E-state index < -0.39 is 0 Å². The molecule has 1 aliphatic carbocycles. The molecule has 2 aromatic rings. The van der Waals surface area contributed by atoms with Gasteiger partial charge in [0.15, 0.2) is 5.82 Å². The topological polar surface area (TPSA) is 40.5 Å². The maximum absolute atomic E-state index is 4.44. The number of fused-ring (bicyclic) bond motifs is 1. The highest BCUT2D eigenvalue weighted by Gasteiger charge is 2.11. The number of aromatic nitrogens is 1. The van der Waals surface area contributed by atoms with Gasteiger partial charge >= 0.3 is 0 Å². The van der Waals surface area contributed by atoms with Gasteiger partial charge in [-0.1, -0.05) is 37.5 Å². The molecule has 17 heavy (non-hydrogen) atoms. The second-order valence-corrected chi connectivity index (χ2v) is 4.75. The summed E-state index contributed by atoms with van der Waals surface area (Å²) in [5.74, 6) is 0.872. The van der Waals surface area contributed by atoms with Crippen molar-refractivity contribution in [1.82, 2.24) is 4.98 Å². The Bertz CT molecular complexity index is 488. The molecular formula is C14H17N3. The summed E-state index contributed by atoms with van der Waals surface area (Å²) in [7, 11) is 0. The van der Waals surface area contributed by atoms with Crippen LogP contribution in [0.25, 0.3) is 10.9 Å². The SMILES string of the molecule is c1ccc2[nH]c(/N=N/C3CCCCC3)cc2c1. The first-order chi connectivity index (χ1) is 8.42. The van der Waals surface area contributed by atoms with E-state index in [2.05, 4.69) is 33.4 Å². The van der Waals surface area contributed by atoms with Crippen molar-refractivity contribution in [3.63, 3.8) is 0 Å². The first kappa shape index (κ1) is 10.5. The molecule has 1 aromatic heterocycles. The number of aromatic amines is 1. The lowest BCUT2D eigenvalue weighted by Gasteiger charge is -2.15. The van der Waals surface area contributed by atoms with E-state index in [0.29, 0.717) is 6.04 Å². The Morgan fingerprint density at radius 1 is 1.06 bits per heavy atom. The highest BCUT2D eigenvalue weighted by atomic mass is 15.2. The number of nitrogens with zero attached hydrogens (tertiary/aromatic N) is 2. The number of rotatable bonds is 2. The van der Waals surface area contributed by atoms with E-state index in [0.717, 1.165) is 11.3 Å². The molecule has 0 bridgehead atoms. The fraction of sp³-hybridized carbons (Fsp3) is 0.429. The Morgan fingerprint density at radius 2 is 1.88 bits per heavy atom. The van der Waals surface area contributed by atoms with Gasteiger partial charge in [0.2, 0.25) is 0 Å². The van der Waals surface area contributed by atoms with E-state index >= 15 is 0 Å². The number of azo groups is 1. The van der Waals surface area contributed by atoms with Crippen LogP contribution in [0, 0.1) is 0 Å². The number of hydrogen-bond donors (Lipinski definition) is 1. The molecule has 3 heteroatoms. The third-order valence-corrected chi connectivity index (χ3v) is 3.42. The van der Waals surface area contributed by atoms with Gasteiger partial charge in [-0.05, 0) is 25.0 Å². The molecule has 1 aliphatic rings. The maximum atomic E-state index is 4.44. The number of para-hydroxylation sites is 1. The predicted molar refractivity (Wildman–Crippen MR) is 69.7 cm³/mol. The molecule has 1 saturated carbocycles. The molecule has 1 fully saturated rings. The van der Waals surface area contributed by atoms with Gasteiger partial charge in [-0.25, -0.2) is 0 Å². The van der Waals surface area contributed by atoms with Gasteiger partial charge in [-0.15, -0.1) is 5.11 Å². The van der Waals surface area contributed by atoms with Gasteiger partial charge in [-0.2, -0.15) is 5.11 Å². The molecule has 0 aliphatic heterocycles. The fourth-order valence-corrected chi connectivity index (χ4v) is 2.45. The molecule has 3 nitrogen and oxygen atoms in total. The van der Waals surface area contributed by atoms with E-state index in [1.807, 2.05) is 12.1 Å². The van der Waals surface area contributed by atoms with Crippen molar-refractivity contribution >= 4 is 16.7 Å². The second kappa shape index (κ2) is 4.70. The summed E-state index contributed by atoms with van der Waals surface area (Å²) in [4.78, 5) is 3.27. The monoisotopic (exact) mass is 227 g/mol. The zero-order chi connectivity index (χ0) is 11.5. The second-order valence-electron chi connectivity index (χ2n) is 4.75. The summed E-state index contributed by atoms with van der Waals surface area (Å²) in [6.45, 7) is 0. The molecule has 88 valence electrons. The third kappa shape index (κ3) is 2.38. The van der Waals surface area contributed by atoms with Crippen molar-refractivity contribution < 1.29 is 0 Å². The maximum Gasteiger partial charge on any atom is 0.153 e. The van der Waals surface area contributed by atoms with Gasteiger partial charge in [0.25, 0.3) is 0 Å². The van der Waals surface area contributed by atoms with Crippen LogP contribution in [0.5, 0.6) is 0 Å². The lowest BCUT2D eigenvalue weighted by Crippen LogP contribution is -2.08. The average molecular weight is 227 g/mol. The van der Waals surface area contributed by atoms with Gasteiger partial charge in [0.05, 0.1) is 6.04 Å². The van der Waals surface area contributed by atoms with Crippen LogP contribution in [0.15, 0.2) is 40.6 Å². The first-order valence-corrected chi connectivity index (χ1v) is 6.40. The van der Waals surface area contributed by atoms with Crippen molar-refractivity contribution in [2.75, 3.05) is 0 Å². The molecule has 0 radical (unpaired) electrons. The molecule has 1 aromatic carbocycles. The summed E-state index contributed by atoms with van der Waals surface area (Å²) in [6.07, 6.45) is 6.36. The van der Waals surface area contributed by atoms with Crippen LogP contribution in [0.4, 0.5) is 5.82 Å². The number of nitrogens with one attached hydrogen (secondary N) is 1. The fourth-order valence-electron chi connectivity index (χ4n) is 2.45. The molecule has 1 heterocycles. The molecule has 0 unspecified atom stereocenters. The molecule has 3 rings (SSSR count). The summed E-state index contributed by atoms with van der Waals surface area (Å²) in [6, 6.07) is 10.7. The smallest absolute Gasteiger partial charge is 0.153 e. The minimum atomic E-state index is 0.440. The molecule has 1 N–H and O–H groups in total. The Labute approximate surface area is 101 Å². The van der Waals surface area contributed by atoms with Gasteiger partial charge in [0, 0.05) is 10.9 Å². The van der Waals surface area contributed by atoms with Crippen LogP contribution in [0.1, 0.15) is 32.1 Å². The highest BCUT2D eigenvalue weighted by Crippen LogP contribution is 2.24. The lowest BCUT2D eigenvalue weighted by molar-refractivity contribution is 0.432. The summed E-state index contributed by atoms with van der Waals surface area (Å²) in [5, 5.41) is 9.98. The van der Waals surface area contributed by atoms with Crippen LogP contribution in [-0.2, 0) is 0 Å². The van der Waals surface area contributed by atoms with Crippen molar-refractivity contribution in [1.29, 1.82) is 0 Å². The van der Waals surface area contributed by atoms with Gasteiger partial charge in [0.1, 0.15) is 0 Å². The number of hydrogen-bond acceptors (Lipinski definition) is 2. The number of H-pyrrole nitrogens is 1. The minimum Gasteiger partial charge on any atom is -0.338 e. The van der Waals surface area contributed by atoms with Crippen LogP contribution in [0.3, 0.4) is 0 Å². The van der Waals surface area contributed by atoms with Crippen LogP contribution < -0.4 is 0 Å². The Kier molecular flexibility index (Phi) is 2.90. The lowest BCUT2D eigenvalue weighted by atomic mass is 9.96. The highest BCUT2D eigenvalue weighted by molar-refractivity contribution is 5.82. The van der Waals surface area contributed by atoms with Crippen molar-refractivity contribution in [2.45, 2.75) is 38.1 Å². The van der Waals surface area contributed by atoms with Crippen LogP contribution >= 0.6 is 0 Å². The van der Waals surface area contributed by atoms with Gasteiger partial charge in [-0.3, -0.25) is 0 Å². The molecule has 0 saturated heterocycles. The molecule has 0 atom stereocenters. The summed E-state index contributed by atoms with van der Waals surface area (Å²) >= 11 is 0. The predicted octanol–water partition coefficient (Wildman–Crippen LogP) is 4.58. The quantitative estimate of drug-likeness (QED) is 0.729. The zero-order valence-electron chi connectivity index (χ0n) is 9.89. The Balaban J connectivity index is 1.77. The molecular weight excluding hydrogens is 210 g/mol. The van der Waals surface area contributed by atoms with Crippen molar-refractivity contribution in [3.05, 3.63) is 30.3 Å². The number of benzene rings is 1. The van der Waals surface area contributed by atoms with Gasteiger partial charge < -0.3 is 4.98 Å².